The lowest BCUT2D eigenvalue weighted by atomic mass is 10.3. The van der Waals surface area contributed by atoms with Gasteiger partial charge in [0.15, 0.2) is 0 Å². The van der Waals surface area contributed by atoms with Crippen LogP contribution in [0.5, 0.6) is 0 Å². The van der Waals surface area contributed by atoms with Gasteiger partial charge >= 0.3 is 5.97 Å². The third kappa shape index (κ3) is 6.30. The molecular weight excluding hydrogens is 286 g/mol. The van der Waals surface area contributed by atoms with Crippen molar-refractivity contribution < 1.29 is 18.9 Å². The van der Waals surface area contributed by atoms with Crippen LogP contribution in [0.3, 0.4) is 0 Å². The predicted molar refractivity (Wildman–Crippen MR) is 76.9 cm³/mol. The minimum atomic E-state index is -1.02. The highest BCUT2D eigenvalue weighted by molar-refractivity contribution is 7.84. The summed E-state index contributed by atoms with van der Waals surface area (Å²) >= 11 is 1.30. The molecule has 0 aliphatic carbocycles. The van der Waals surface area contributed by atoms with E-state index in [4.69, 9.17) is 5.11 Å². The molecule has 0 saturated carbocycles. The Hall–Kier alpha value is -1.47. The number of thiophene rings is 1. The summed E-state index contributed by atoms with van der Waals surface area (Å²) in [7, 11) is -0.842. The van der Waals surface area contributed by atoms with Crippen LogP contribution in [-0.4, -0.2) is 39.7 Å². The highest BCUT2D eigenvalue weighted by Gasteiger charge is 2.07. The molecule has 1 atom stereocenters. The fourth-order valence-corrected chi connectivity index (χ4v) is 2.62. The topological polar surface area (TPSA) is 83.5 Å². The molecule has 0 radical (unpaired) electrons. The first-order valence-electron chi connectivity index (χ1n) is 5.57. The molecule has 0 aliphatic rings. The molecule has 1 amide bonds. The fraction of sp³-hybridized carbons (Fsp3) is 0.333. The second-order valence-electron chi connectivity index (χ2n) is 3.80. The van der Waals surface area contributed by atoms with Crippen LogP contribution in [0.1, 0.15) is 21.7 Å². The van der Waals surface area contributed by atoms with Gasteiger partial charge in [0.25, 0.3) is 5.91 Å². The molecule has 19 heavy (non-hydrogen) atoms. The molecule has 0 spiro atoms. The first-order chi connectivity index (χ1) is 8.99. The number of amides is 1. The molecule has 0 aromatic carbocycles. The number of carbonyl (C=O) groups excluding carboxylic acids is 1. The Balaban J connectivity index is 2.45. The summed E-state index contributed by atoms with van der Waals surface area (Å²) in [5, 5.41) is 12.9. The van der Waals surface area contributed by atoms with E-state index in [1.54, 1.807) is 17.7 Å². The largest absolute Gasteiger partial charge is 0.478 e. The molecule has 1 unspecified atom stereocenters. The van der Waals surface area contributed by atoms with Gasteiger partial charge in [-0.15, -0.1) is 11.3 Å². The minimum absolute atomic E-state index is 0.201. The summed E-state index contributed by atoms with van der Waals surface area (Å²) in [5.74, 6) is -0.656. The average Bonchev–Trinajstić information content (AvgIpc) is 2.80. The Labute approximate surface area is 117 Å². The van der Waals surface area contributed by atoms with Crippen molar-refractivity contribution in [3.63, 3.8) is 0 Å². The summed E-state index contributed by atoms with van der Waals surface area (Å²) in [6.07, 6.45) is 4.78. The van der Waals surface area contributed by atoms with E-state index >= 15 is 0 Å². The van der Waals surface area contributed by atoms with Gasteiger partial charge in [-0.3, -0.25) is 9.00 Å². The van der Waals surface area contributed by atoms with Crippen LogP contribution >= 0.6 is 11.3 Å². The van der Waals surface area contributed by atoms with E-state index in [1.165, 1.54) is 17.4 Å². The van der Waals surface area contributed by atoms with Crippen LogP contribution < -0.4 is 5.32 Å². The molecule has 0 fully saturated rings. The lowest BCUT2D eigenvalue weighted by molar-refractivity contribution is -0.131. The summed E-state index contributed by atoms with van der Waals surface area (Å²) in [6, 6.07) is 1.64. The number of hydrogen-bond donors (Lipinski definition) is 2. The maximum absolute atomic E-state index is 11.7. The van der Waals surface area contributed by atoms with Gasteiger partial charge in [0.1, 0.15) is 0 Å². The van der Waals surface area contributed by atoms with Gasteiger partial charge in [0, 0.05) is 45.7 Å². The quantitative estimate of drug-likeness (QED) is 0.588. The number of aliphatic carboxylic acids is 1. The Morgan fingerprint density at radius 2 is 2.26 bits per heavy atom. The molecule has 0 aliphatic heterocycles. The highest BCUT2D eigenvalue weighted by atomic mass is 32.2. The molecule has 2 N–H and O–H groups in total. The first kappa shape index (κ1) is 15.6. The maximum atomic E-state index is 11.7. The number of carboxylic acids is 1. The van der Waals surface area contributed by atoms with Crippen molar-refractivity contribution in [1.29, 1.82) is 0 Å². The molecule has 1 aromatic rings. The Bertz CT molecular complexity index is 508. The Kier molecular flexibility index (Phi) is 6.44. The van der Waals surface area contributed by atoms with Crippen molar-refractivity contribution in [2.45, 2.75) is 6.42 Å². The molecule has 1 heterocycles. The molecular formula is C12H15NO4S2. The zero-order valence-corrected chi connectivity index (χ0v) is 12.1. The molecule has 1 aromatic heterocycles. The van der Waals surface area contributed by atoms with Crippen LogP contribution in [0.2, 0.25) is 0 Å². The SMILES string of the molecule is CS(=O)CCCNC(=O)c1csc(/C=C/C(=O)O)c1. The van der Waals surface area contributed by atoms with Gasteiger partial charge < -0.3 is 10.4 Å². The maximum Gasteiger partial charge on any atom is 0.328 e. The fourth-order valence-electron chi connectivity index (χ4n) is 1.29. The van der Waals surface area contributed by atoms with Gasteiger partial charge in [-0.2, -0.15) is 0 Å². The molecule has 1 rings (SSSR count). The van der Waals surface area contributed by atoms with Crippen molar-refractivity contribution in [3.8, 4) is 0 Å². The van der Waals surface area contributed by atoms with Gasteiger partial charge in [-0.1, -0.05) is 0 Å². The summed E-state index contributed by atoms with van der Waals surface area (Å²) in [4.78, 5) is 22.8. The smallest absolute Gasteiger partial charge is 0.328 e. The van der Waals surface area contributed by atoms with Crippen molar-refractivity contribution in [2.75, 3.05) is 18.6 Å². The van der Waals surface area contributed by atoms with E-state index in [1.807, 2.05) is 0 Å². The van der Waals surface area contributed by atoms with Crippen molar-refractivity contribution in [1.82, 2.24) is 5.32 Å². The Morgan fingerprint density at radius 1 is 1.53 bits per heavy atom. The van der Waals surface area contributed by atoms with Gasteiger partial charge in [0.2, 0.25) is 0 Å². The first-order valence-corrected chi connectivity index (χ1v) is 8.17. The monoisotopic (exact) mass is 301 g/mol. The van der Waals surface area contributed by atoms with Gasteiger partial charge in [-0.25, -0.2) is 4.79 Å². The standard InChI is InChI=1S/C12H15NO4S2/c1-19(17)6-2-5-13-12(16)9-7-10(18-8-9)3-4-11(14)15/h3-4,7-8H,2,5-6H2,1H3,(H,13,16)(H,14,15)/b4-3+. The summed E-state index contributed by atoms with van der Waals surface area (Å²) in [6.45, 7) is 0.481. The molecule has 0 saturated heterocycles. The normalized spacial score (nSPS) is 12.5. The Morgan fingerprint density at radius 3 is 2.89 bits per heavy atom. The van der Waals surface area contributed by atoms with Crippen LogP contribution in [0.4, 0.5) is 0 Å². The number of carboxylic acid groups (broad SMARTS) is 1. The van der Waals surface area contributed by atoms with E-state index in [9.17, 15) is 13.8 Å². The lowest BCUT2D eigenvalue weighted by Crippen LogP contribution is -2.24. The van der Waals surface area contributed by atoms with Crippen LogP contribution in [0.15, 0.2) is 17.5 Å². The average molecular weight is 301 g/mol. The van der Waals surface area contributed by atoms with E-state index in [-0.39, 0.29) is 5.91 Å². The van der Waals surface area contributed by atoms with Crippen molar-refractivity contribution in [2.24, 2.45) is 0 Å². The van der Waals surface area contributed by atoms with Crippen LogP contribution in [-0.2, 0) is 15.6 Å². The second-order valence-corrected chi connectivity index (χ2v) is 6.29. The van der Waals surface area contributed by atoms with Gasteiger partial charge in [0.05, 0.1) is 5.56 Å². The molecule has 0 bridgehead atoms. The minimum Gasteiger partial charge on any atom is -0.478 e. The molecule has 7 heteroatoms. The number of carbonyl (C=O) groups is 2. The second kappa shape index (κ2) is 7.85. The zero-order chi connectivity index (χ0) is 14.3. The van der Waals surface area contributed by atoms with E-state index < -0.39 is 16.8 Å². The lowest BCUT2D eigenvalue weighted by Gasteiger charge is -2.02. The van der Waals surface area contributed by atoms with E-state index in [0.717, 1.165) is 6.08 Å². The summed E-state index contributed by atoms with van der Waals surface area (Å²) < 4.78 is 10.8. The number of hydrogen-bond acceptors (Lipinski definition) is 4. The van der Waals surface area contributed by atoms with Crippen LogP contribution in [0.25, 0.3) is 6.08 Å². The van der Waals surface area contributed by atoms with E-state index in [0.29, 0.717) is 29.2 Å². The molecule has 5 nitrogen and oxygen atoms in total. The van der Waals surface area contributed by atoms with Crippen molar-refractivity contribution in [3.05, 3.63) is 28.0 Å². The van der Waals surface area contributed by atoms with E-state index in [2.05, 4.69) is 5.32 Å². The van der Waals surface area contributed by atoms with Crippen LogP contribution in [0, 0.1) is 0 Å². The molecule has 104 valence electrons. The summed E-state index contributed by atoms with van der Waals surface area (Å²) in [5.41, 5.74) is 0.507. The van der Waals surface area contributed by atoms with Gasteiger partial charge in [-0.05, 0) is 18.6 Å². The third-order valence-electron chi connectivity index (χ3n) is 2.17. The number of nitrogens with one attached hydrogen (secondary N) is 1. The predicted octanol–water partition coefficient (Wildman–Crippen LogP) is 1.34. The third-order valence-corrected chi connectivity index (χ3v) is 3.93. The highest BCUT2D eigenvalue weighted by Crippen LogP contribution is 2.16. The zero-order valence-electron chi connectivity index (χ0n) is 10.4. The van der Waals surface area contributed by atoms with Crippen molar-refractivity contribution >= 4 is 40.1 Å². The number of rotatable bonds is 7.